The van der Waals surface area contributed by atoms with Crippen LogP contribution in [-0.2, 0) is 16.4 Å². The van der Waals surface area contributed by atoms with Crippen molar-refractivity contribution in [2.24, 2.45) is 0 Å². The Morgan fingerprint density at radius 1 is 1.44 bits per heavy atom. The number of pyridine rings is 1. The maximum absolute atomic E-state index is 11.5. The SMILES string of the molecule is CC1CS(=O)(=O)CCN1Cc1nc(Cl)ccc1Cl. The molecule has 2 heterocycles. The van der Waals surface area contributed by atoms with E-state index in [2.05, 4.69) is 9.88 Å². The quantitative estimate of drug-likeness (QED) is 0.784. The van der Waals surface area contributed by atoms with Crippen LogP contribution in [0.2, 0.25) is 10.2 Å². The van der Waals surface area contributed by atoms with Crippen LogP contribution in [0.15, 0.2) is 12.1 Å². The molecule has 0 N–H and O–H groups in total. The summed E-state index contributed by atoms with van der Waals surface area (Å²) < 4.78 is 23.0. The van der Waals surface area contributed by atoms with Crippen LogP contribution in [0, 0.1) is 0 Å². The molecular weight excluding hydrogens is 295 g/mol. The average Bonchev–Trinajstić information content (AvgIpc) is 2.26. The molecule has 0 radical (unpaired) electrons. The molecule has 1 aliphatic heterocycles. The van der Waals surface area contributed by atoms with E-state index in [-0.39, 0.29) is 17.5 Å². The molecule has 2 rings (SSSR count). The van der Waals surface area contributed by atoms with E-state index >= 15 is 0 Å². The zero-order valence-corrected chi connectivity index (χ0v) is 12.3. The van der Waals surface area contributed by atoms with E-state index in [4.69, 9.17) is 23.2 Å². The molecule has 18 heavy (non-hydrogen) atoms. The summed E-state index contributed by atoms with van der Waals surface area (Å²) in [5, 5.41) is 0.951. The van der Waals surface area contributed by atoms with Crippen LogP contribution in [0.3, 0.4) is 0 Å². The Labute approximate surface area is 117 Å². The number of sulfone groups is 1. The van der Waals surface area contributed by atoms with Crippen molar-refractivity contribution in [2.75, 3.05) is 18.1 Å². The number of rotatable bonds is 2. The molecule has 1 aromatic rings. The van der Waals surface area contributed by atoms with Gasteiger partial charge in [-0.2, -0.15) is 0 Å². The highest BCUT2D eigenvalue weighted by Crippen LogP contribution is 2.21. The highest BCUT2D eigenvalue weighted by atomic mass is 35.5. The summed E-state index contributed by atoms with van der Waals surface area (Å²) >= 11 is 11.9. The number of halogens is 2. The van der Waals surface area contributed by atoms with Gasteiger partial charge in [0.25, 0.3) is 0 Å². The topological polar surface area (TPSA) is 50.3 Å². The summed E-state index contributed by atoms with van der Waals surface area (Å²) in [6.07, 6.45) is 0. The van der Waals surface area contributed by atoms with Crippen LogP contribution < -0.4 is 0 Å². The summed E-state index contributed by atoms with van der Waals surface area (Å²) in [6.45, 7) is 2.93. The number of nitrogens with zero attached hydrogens (tertiary/aromatic N) is 2. The largest absolute Gasteiger partial charge is 0.293 e. The molecule has 4 nitrogen and oxygen atoms in total. The zero-order valence-electron chi connectivity index (χ0n) is 9.94. The van der Waals surface area contributed by atoms with E-state index in [9.17, 15) is 8.42 Å². The van der Waals surface area contributed by atoms with Crippen LogP contribution in [0.5, 0.6) is 0 Å². The average molecular weight is 309 g/mol. The fourth-order valence-corrected chi connectivity index (χ4v) is 3.98. The number of hydrogen-bond acceptors (Lipinski definition) is 4. The molecule has 1 unspecified atom stereocenters. The Bertz CT molecular complexity index is 548. The lowest BCUT2D eigenvalue weighted by Gasteiger charge is -2.32. The summed E-state index contributed by atoms with van der Waals surface area (Å²) in [4.78, 5) is 6.24. The number of hydrogen-bond donors (Lipinski definition) is 0. The van der Waals surface area contributed by atoms with E-state index in [1.807, 2.05) is 6.92 Å². The minimum absolute atomic E-state index is 0.0272. The molecule has 0 amide bonds. The van der Waals surface area contributed by atoms with Crippen molar-refractivity contribution in [1.82, 2.24) is 9.88 Å². The molecule has 1 aromatic heterocycles. The molecule has 0 spiro atoms. The van der Waals surface area contributed by atoms with Gasteiger partial charge < -0.3 is 0 Å². The Balaban J connectivity index is 2.12. The third-order valence-electron chi connectivity index (χ3n) is 3.05. The van der Waals surface area contributed by atoms with E-state index in [1.165, 1.54) is 0 Å². The predicted molar refractivity (Wildman–Crippen MR) is 72.8 cm³/mol. The fraction of sp³-hybridized carbons (Fsp3) is 0.545. The molecule has 100 valence electrons. The first-order valence-corrected chi connectivity index (χ1v) is 8.20. The van der Waals surface area contributed by atoms with E-state index < -0.39 is 9.84 Å². The lowest BCUT2D eigenvalue weighted by atomic mass is 10.2. The normalized spacial score (nSPS) is 24.1. The Morgan fingerprint density at radius 3 is 2.83 bits per heavy atom. The van der Waals surface area contributed by atoms with Gasteiger partial charge in [0.1, 0.15) is 5.15 Å². The third kappa shape index (κ3) is 3.35. The van der Waals surface area contributed by atoms with Crippen molar-refractivity contribution >= 4 is 33.0 Å². The van der Waals surface area contributed by atoms with Gasteiger partial charge in [-0.15, -0.1) is 0 Å². The van der Waals surface area contributed by atoms with Gasteiger partial charge in [-0.25, -0.2) is 13.4 Å². The van der Waals surface area contributed by atoms with Crippen LogP contribution in [-0.4, -0.2) is 42.4 Å². The van der Waals surface area contributed by atoms with Gasteiger partial charge in [-0.1, -0.05) is 23.2 Å². The second-order valence-corrected chi connectivity index (χ2v) is 7.52. The maximum Gasteiger partial charge on any atom is 0.153 e. The van der Waals surface area contributed by atoms with Crippen molar-refractivity contribution in [2.45, 2.75) is 19.5 Å². The van der Waals surface area contributed by atoms with Crippen LogP contribution in [0.1, 0.15) is 12.6 Å². The molecule has 1 saturated heterocycles. The highest BCUT2D eigenvalue weighted by molar-refractivity contribution is 7.91. The first-order chi connectivity index (χ1) is 8.37. The summed E-state index contributed by atoms with van der Waals surface area (Å²) in [6, 6.07) is 3.32. The van der Waals surface area contributed by atoms with E-state index in [1.54, 1.807) is 12.1 Å². The van der Waals surface area contributed by atoms with Gasteiger partial charge in [0.15, 0.2) is 9.84 Å². The van der Waals surface area contributed by atoms with Crippen molar-refractivity contribution in [1.29, 1.82) is 0 Å². The number of aromatic nitrogens is 1. The van der Waals surface area contributed by atoms with Crippen LogP contribution in [0.4, 0.5) is 0 Å². The summed E-state index contributed by atoms with van der Waals surface area (Å²) in [5.74, 6) is 0.376. The first kappa shape index (κ1) is 14.1. The highest BCUT2D eigenvalue weighted by Gasteiger charge is 2.28. The van der Waals surface area contributed by atoms with Gasteiger partial charge in [-0.05, 0) is 19.1 Å². The van der Waals surface area contributed by atoms with Gasteiger partial charge in [-0.3, -0.25) is 4.90 Å². The maximum atomic E-state index is 11.5. The minimum atomic E-state index is -2.90. The summed E-state index contributed by atoms with van der Waals surface area (Å²) in [5.41, 5.74) is 0.690. The van der Waals surface area contributed by atoms with E-state index in [0.29, 0.717) is 29.0 Å². The lowest BCUT2D eigenvalue weighted by Crippen LogP contribution is -2.46. The van der Waals surface area contributed by atoms with Crippen molar-refractivity contribution in [3.05, 3.63) is 28.0 Å². The molecule has 1 atom stereocenters. The van der Waals surface area contributed by atoms with Crippen molar-refractivity contribution < 1.29 is 8.42 Å². The summed E-state index contributed by atoms with van der Waals surface area (Å²) in [7, 11) is -2.90. The fourth-order valence-electron chi connectivity index (χ4n) is 2.03. The smallest absolute Gasteiger partial charge is 0.153 e. The molecule has 0 aliphatic carbocycles. The Hall–Kier alpha value is -0.360. The van der Waals surface area contributed by atoms with Gasteiger partial charge in [0, 0.05) is 19.1 Å². The molecule has 0 saturated carbocycles. The molecule has 0 bridgehead atoms. The molecular formula is C11H14Cl2N2O2S. The van der Waals surface area contributed by atoms with Gasteiger partial charge >= 0.3 is 0 Å². The predicted octanol–water partition coefficient (Wildman–Crippen LogP) is 2.01. The second kappa shape index (κ2) is 5.33. The van der Waals surface area contributed by atoms with Gasteiger partial charge in [0.05, 0.1) is 22.2 Å². The minimum Gasteiger partial charge on any atom is -0.293 e. The van der Waals surface area contributed by atoms with Gasteiger partial charge in [0.2, 0.25) is 0 Å². The van der Waals surface area contributed by atoms with Crippen LogP contribution in [0.25, 0.3) is 0 Å². The standard InChI is InChI=1S/C11H14Cl2N2O2S/c1-8-7-18(16,17)5-4-15(8)6-10-9(12)2-3-11(13)14-10/h2-3,8H,4-7H2,1H3. The second-order valence-electron chi connectivity index (χ2n) is 4.50. The van der Waals surface area contributed by atoms with Crippen LogP contribution >= 0.6 is 23.2 Å². The molecule has 7 heteroatoms. The third-order valence-corrected chi connectivity index (χ3v) is 5.39. The van der Waals surface area contributed by atoms with E-state index in [0.717, 1.165) is 0 Å². The lowest BCUT2D eigenvalue weighted by molar-refractivity contribution is 0.215. The van der Waals surface area contributed by atoms with Crippen molar-refractivity contribution in [3.63, 3.8) is 0 Å². The monoisotopic (exact) mass is 308 g/mol. The Kier molecular flexibility index (Phi) is 4.16. The molecule has 1 fully saturated rings. The molecule has 0 aromatic carbocycles. The Morgan fingerprint density at radius 2 is 2.17 bits per heavy atom. The zero-order chi connectivity index (χ0) is 13.3. The molecule has 1 aliphatic rings. The van der Waals surface area contributed by atoms with Crippen molar-refractivity contribution in [3.8, 4) is 0 Å². The first-order valence-electron chi connectivity index (χ1n) is 5.63.